The summed E-state index contributed by atoms with van der Waals surface area (Å²) < 4.78 is 0. The van der Waals surface area contributed by atoms with Gasteiger partial charge in [-0.3, -0.25) is 0 Å². The van der Waals surface area contributed by atoms with E-state index in [4.69, 9.17) is 62.8 Å². The quantitative estimate of drug-likeness (QED) is 0.196. The number of benzene rings is 8. The van der Waals surface area contributed by atoms with Crippen molar-refractivity contribution < 1.29 is 0 Å². The summed E-state index contributed by atoms with van der Waals surface area (Å²) in [7, 11) is 58.2. The molecule has 57 heavy (non-hydrogen) atoms. The van der Waals surface area contributed by atoms with E-state index in [1.165, 1.54) is 5.39 Å². The smallest absolute Gasteiger partial charge is 0.110 e. The number of fused-ring (bicyclic) bond motifs is 6. The van der Waals surface area contributed by atoms with Crippen LogP contribution < -0.4 is 49.2 Å². The molecular formula is C48H24B9. The lowest BCUT2D eigenvalue weighted by Crippen LogP contribution is -2.50. The summed E-state index contributed by atoms with van der Waals surface area (Å²) in [4.78, 5) is 0. The molecule has 0 saturated carbocycles. The van der Waals surface area contributed by atoms with Crippen molar-refractivity contribution in [2.45, 2.75) is 12.8 Å². The molecule has 1 aliphatic carbocycles. The van der Waals surface area contributed by atoms with E-state index in [1.54, 1.807) is 0 Å². The van der Waals surface area contributed by atoms with E-state index < -0.39 is 0 Å². The Morgan fingerprint density at radius 1 is 0.404 bits per heavy atom. The first-order valence-corrected chi connectivity index (χ1v) is 19.0. The average Bonchev–Trinajstić information content (AvgIpc) is 3.62. The highest BCUT2D eigenvalue weighted by molar-refractivity contribution is 6.72. The van der Waals surface area contributed by atoms with Crippen LogP contribution in [0.25, 0.3) is 76.8 Å². The predicted octanol–water partition coefficient (Wildman–Crippen LogP) is 2.43. The summed E-state index contributed by atoms with van der Waals surface area (Å²) in [5.74, 6) is 0. The van der Waals surface area contributed by atoms with E-state index in [1.807, 2.05) is 36.4 Å². The second-order valence-electron chi connectivity index (χ2n) is 15.1. The van der Waals surface area contributed by atoms with E-state index in [-0.39, 0.29) is 32.8 Å². The molecule has 0 aromatic heterocycles. The first kappa shape index (κ1) is 36.0. The Kier molecular flexibility index (Phi) is 8.60. The van der Waals surface area contributed by atoms with Crippen LogP contribution in [-0.2, 0) is 0 Å². The standard InChI is InChI=1S/C48H24B9/c49-41-37-34(29-19-27(23-10-3-1-4-11-23)18-28(20-29)24-12-5-2-6-13-24)38-40(44(52)48(56)46(54)42(38)50)36(39(37)43(51)47(55)45(41)53)30-16-9-17-32-35(30)31-21-25-14-7-8-15-26(25)22-33(31)57-32/h1-8,10-15,17-22H,9,16H2. The molecule has 1 heterocycles. The molecule has 0 bridgehead atoms. The Morgan fingerprint density at radius 3 is 1.35 bits per heavy atom. The predicted molar refractivity (Wildman–Crippen MR) is 254 cm³/mol. The molecule has 0 saturated heterocycles. The van der Waals surface area contributed by atoms with Crippen molar-refractivity contribution in [3.8, 4) is 33.4 Å². The third kappa shape index (κ3) is 5.49. The zero-order chi connectivity index (χ0) is 39.3. The first-order valence-electron chi connectivity index (χ1n) is 19.0. The molecule has 0 amide bonds. The van der Waals surface area contributed by atoms with Gasteiger partial charge in [0.25, 0.3) is 0 Å². The van der Waals surface area contributed by atoms with Crippen LogP contribution in [0, 0.1) is 0 Å². The van der Waals surface area contributed by atoms with Gasteiger partial charge < -0.3 is 0 Å². The van der Waals surface area contributed by atoms with Crippen molar-refractivity contribution in [2.75, 3.05) is 0 Å². The van der Waals surface area contributed by atoms with Crippen molar-refractivity contribution >= 4 is 163 Å². The fraction of sp³-hybridized carbons (Fsp3) is 0.0417. The lowest BCUT2D eigenvalue weighted by molar-refractivity contribution is 1.06. The molecule has 243 valence electrons. The Morgan fingerprint density at radius 2 is 0.842 bits per heavy atom. The van der Waals surface area contributed by atoms with Crippen LogP contribution in [0.15, 0.2) is 127 Å². The topological polar surface area (TPSA) is 0 Å². The third-order valence-electron chi connectivity index (χ3n) is 11.9. The summed E-state index contributed by atoms with van der Waals surface area (Å²) in [6.45, 7) is 0. The highest BCUT2D eigenvalue weighted by Crippen LogP contribution is 2.47. The Labute approximate surface area is 345 Å². The van der Waals surface area contributed by atoms with Gasteiger partial charge in [0.15, 0.2) is 7.28 Å². The summed E-state index contributed by atoms with van der Waals surface area (Å²) in [5, 5.41) is 4.82. The maximum atomic E-state index is 7.20. The molecule has 10 rings (SSSR count). The highest BCUT2D eigenvalue weighted by atomic mass is 14.3. The molecule has 0 atom stereocenters. The zero-order valence-electron chi connectivity index (χ0n) is 31.2. The Balaban J connectivity index is 1.43. The van der Waals surface area contributed by atoms with Gasteiger partial charge in [-0.25, -0.2) is 0 Å². The fourth-order valence-corrected chi connectivity index (χ4v) is 9.14. The maximum absolute atomic E-state index is 7.20. The summed E-state index contributed by atoms with van der Waals surface area (Å²) >= 11 is 0. The number of rotatable bonds is 4. The van der Waals surface area contributed by atoms with Crippen LogP contribution in [0.3, 0.4) is 0 Å². The molecule has 8 aromatic rings. The van der Waals surface area contributed by atoms with E-state index in [0.717, 1.165) is 72.8 Å². The van der Waals surface area contributed by atoms with E-state index in [0.29, 0.717) is 44.5 Å². The molecule has 0 spiro atoms. The van der Waals surface area contributed by atoms with Crippen molar-refractivity contribution in [3.05, 3.63) is 138 Å². The molecule has 0 nitrogen and oxygen atoms in total. The third-order valence-corrected chi connectivity index (χ3v) is 11.9. The van der Waals surface area contributed by atoms with Crippen molar-refractivity contribution in [1.82, 2.24) is 0 Å². The minimum atomic E-state index is 0.192. The Bertz CT molecular complexity index is 2970. The highest BCUT2D eigenvalue weighted by Gasteiger charge is 2.32. The summed E-state index contributed by atoms with van der Waals surface area (Å²) in [6, 6.07) is 39.8. The van der Waals surface area contributed by atoms with Crippen molar-refractivity contribution in [1.29, 1.82) is 0 Å². The second-order valence-corrected chi connectivity index (χ2v) is 15.1. The molecule has 0 N–H and O–H groups in total. The van der Waals surface area contributed by atoms with Crippen LogP contribution in [0.2, 0.25) is 0 Å². The average molecular weight is 698 g/mol. The lowest BCUT2D eigenvalue weighted by Gasteiger charge is -2.31. The molecule has 17 radical (unpaired) electrons. The molecular weight excluding hydrogens is 674 g/mol. The monoisotopic (exact) mass is 699 g/mol. The molecule has 2 aliphatic rings. The molecule has 1 aliphatic heterocycles. The van der Waals surface area contributed by atoms with Gasteiger partial charge >= 0.3 is 0 Å². The molecule has 9 heteroatoms. The van der Waals surface area contributed by atoms with Gasteiger partial charge in [-0.1, -0.05) is 130 Å². The first-order chi connectivity index (χ1) is 27.6. The van der Waals surface area contributed by atoms with Gasteiger partial charge in [0, 0.05) is 0 Å². The van der Waals surface area contributed by atoms with Gasteiger partial charge in [-0.15, -0.1) is 21.9 Å². The molecule has 0 unspecified atom stereocenters. The van der Waals surface area contributed by atoms with Crippen LogP contribution >= 0.6 is 0 Å². The Hall–Kier alpha value is -5.40. The van der Waals surface area contributed by atoms with Gasteiger partial charge in [0.2, 0.25) is 0 Å². The van der Waals surface area contributed by atoms with E-state index in [9.17, 15) is 0 Å². The number of hydrogen-bond donors (Lipinski definition) is 0. The van der Waals surface area contributed by atoms with Crippen LogP contribution in [0.1, 0.15) is 24.0 Å². The fourth-order valence-electron chi connectivity index (χ4n) is 9.14. The van der Waals surface area contributed by atoms with Crippen LogP contribution in [0.5, 0.6) is 0 Å². The second kappa shape index (κ2) is 13.6. The summed E-state index contributed by atoms with van der Waals surface area (Å²) in [5.41, 5.74) is 13.8. The molecule has 0 fully saturated rings. The minimum Gasteiger partial charge on any atom is -0.110 e. The zero-order valence-corrected chi connectivity index (χ0v) is 31.2. The van der Waals surface area contributed by atoms with E-state index in [2.05, 4.69) is 92.2 Å². The lowest BCUT2D eigenvalue weighted by atomic mass is 9.58. The minimum absolute atomic E-state index is 0.192. The van der Waals surface area contributed by atoms with E-state index >= 15 is 0 Å². The van der Waals surface area contributed by atoms with Gasteiger partial charge in [-0.2, -0.15) is 0 Å². The number of hydrogen-bond acceptors (Lipinski definition) is 0. The summed E-state index contributed by atoms with van der Waals surface area (Å²) in [6.07, 6.45) is 3.75. The van der Waals surface area contributed by atoms with Crippen molar-refractivity contribution in [3.63, 3.8) is 0 Å². The van der Waals surface area contributed by atoms with Gasteiger partial charge in [-0.05, 0) is 125 Å². The SMILES string of the molecule is [B]c1c([B])c([B])c2c(-c3cc(-c4ccccc4)cc(-c4ccccc4)c3)c3c([B])c([B])c([B])c([B])c3c(C3=C4C(=CCC3)[B]c3cc5ccccc5cc34)c2c1[B]. The van der Waals surface area contributed by atoms with Crippen molar-refractivity contribution in [2.24, 2.45) is 0 Å². The van der Waals surface area contributed by atoms with Gasteiger partial charge in [0.1, 0.15) is 62.8 Å². The van der Waals surface area contributed by atoms with Crippen LogP contribution in [-0.4, -0.2) is 70.0 Å². The normalized spacial score (nSPS) is 13.5. The number of allylic oxidation sites excluding steroid dienone is 4. The maximum Gasteiger partial charge on any atom is 0.192 e. The molecule has 8 aromatic carbocycles. The van der Waals surface area contributed by atoms with Gasteiger partial charge in [0.05, 0.1) is 0 Å². The largest absolute Gasteiger partial charge is 0.192 e. The van der Waals surface area contributed by atoms with Crippen LogP contribution in [0.4, 0.5) is 0 Å².